The summed E-state index contributed by atoms with van der Waals surface area (Å²) in [5, 5.41) is 12.6. The highest BCUT2D eigenvalue weighted by atomic mass is 35.5. The molecule has 1 saturated heterocycles. The zero-order valence-electron chi connectivity index (χ0n) is 9.58. The summed E-state index contributed by atoms with van der Waals surface area (Å²) >= 11 is 6.03. The van der Waals surface area contributed by atoms with Crippen LogP contribution in [0.1, 0.15) is 24.8 Å². The molecule has 1 aliphatic rings. The number of nitriles is 1. The van der Waals surface area contributed by atoms with Crippen molar-refractivity contribution in [2.45, 2.75) is 25.3 Å². The van der Waals surface area contributed by atoms with E-state index in [1.54, 1.807) is 18.2 Å². The lowest BCUT2D eigenvalue weighted by Gasteiger charge is -2.23. The van der Waals surface area contributed by atoms with Crippen molar-refractivity contribution in [3.63, 3.8) is 0 Å². The molecule has 0 aliphatic carbocycles. The molecular weight excluding hydrogens is 236 g/mol. The topological polar surface area (TPSA) is 45.0 Å². The Kier molecular flexibility index (Phi) is 4.24. The van der Waals surface area contributed by atoms with Crippen molar-refractivity contribution in [2.24, 2.45) is 0 Å². The Labute approximate surface area is 106 Å². The van der Waals surface area contributed by atoms with Gasteiger partial charge in [0.25, 0.3) is 0 Å². The van der Waals surface area contributed by atoms with Gasteiger partial charge in [-0.25, -0.2) is 0 Å². The Hall–Kier alpha value is -1.24. The molecule has 0 aromatic heterocycles. The number of ether oxygens (including phenoxy) is 1. The molecule has 1 atom stereocenters. The predicted octanol–water partition coefficient (Wildman–Crippen LogP) is 2.73. The van der Waals surface area contributed by atoms with Crippen LogP contribution in [0.25, 0.3) is 0 Å². The van der Waals surface area contributed by atoms with Gasteiger partial charge < -0.3 is 10.1 Å². The number of rotatable bonds is 3. The molecular formula is C13H15ClN2O. The fourth-order valence-electron chi connectivity index (χ4n) is 1.94. The molecule has 1 unspecified atom stereocenters. The largest absolute Gasteiger partial charge is 0.490 e. The summed E-state index contributed by atoms with van der Waals surface area (Å²) in [6.45, 7) is 1.70. The van der Waals surface area contributed by atoms with Crippen molar-refractivity contribution in [1.29, 1.82) is 5.26 Å². The second-order valence-corrected chi connectivity index (χ2v) is 4.62. The van der Waals surface area contributed by atoms with E-state index in [0.29, 0.717) is 29.0 Å². The Morgan fingerprint density at radius 1 is 1.47 bits per heavy atom. The molecule has 1 N–H and O–H groups in total. The fourth-order valence-corrected chi connectivity index (χ4v) is 2.18. The third-order valence-electron chi connectivity index (χ3n) is 2.91. The molecule has 1 heterocycles. The van der Waals surface area contributed by atoms with E-state index < -0.39 is 0 Å². The summed E-state index contributed by atoms with van der Waals surface area (Å²) in [6, 6.07) is 7.56. The first-order valence-corrected chi connectivity index (χ1v) is 6.23. The second kappa shape index (κ2) is 5.90. The average Bonchev–Trinajstić information content (AvgIpc) is 2.38. The minimum Gasteiger partial charge on any atom is -0.490 e. The zero-order valence-corrected chi connectivity index (χ0v) is 10.3. The van der Waals surface area contributed by atoms with Crippen LogP contribution < -0.4 is 10.1 Å². The minimum atomic E-state index is 0.412. The average molecular weight is 251 g/mol. The number of benzene rings is 1. The highest BCUT2D eigenvalue weighted by molar-refractivity contribution is 6.32. The maximum absolute atomic E-state index is 8.73. The van der Waals surface area contributed by atoms with Crippen LogP contribution in [0.4, 0.5) is 0 Å². The van der Waals surface area contributed by atoms with Crippen LogP contribution in [-0.4, -0.2) is 19.2 Å². The van der Waals surface area contributed by atoms with Gasteiger partial charge in [0.2, 0.25) is 0 Å². The highest BCUT2D eigenvalue weighted by Crippen LogP contribution is 2.25. The quantitative estimate of drug-likeness (QED) is 0.897. The predicted molar refractivity (Wildman–Crippen MR) is 67.3 cm³/mol. The number of nitrogens with zero attached hydrogens (tertiary/aromatic N) is 1. The first-order valence-electron chi connectivity index (χ1n) is 5.85. The number of piperidine rings is 1. The molecule has 2 rings (SSSR count). The van der Waals surface area contributed by atoms with Crippen LogP contribution in [-0.2, 0) is 0 Å². The summed E-state index contributed by atoms with van der Waals surface area (Å²) in [7, 11) is 0. The molecule has 1 aromatic rings. The van der Waals surface area contributed by atoms with E-state index in [9.17, 15) is 0 Å². The van der Waals surface area contributed by atoms with Gasteiger partial charge in [-0.2, -0.15) is 5.26 Å². The van der Waals surface area contributed by atoms with Crippen molar-refractivity contribution >= 4 is 11.6 Å². The Morgan fingerprint density at radius 2 is 2.35 bits per heavy atom. The van der Waals surface area contributed by atoms with Crippen molar-refractivity contribution in [3.8, 4) is 11.8 Å². The van der Waals surface area contributed by atoms with Crippen molar-refractivity contribution in [3.05, 3.63) is 28.8 Å². The van der Waals surface area contributed by atoms with Crippen molar-refractivity contribution in [2.75, 3.05) is 13.2 Å². The van der Waals surface area contributed by atoms with E-state index in [1.165, 1.54) is 12.8 Å². The molecule has 0 spiro atoms. The SMILES string of the molecule is N#Cc1ccc(OCC2CCCCN2)c(Cl)c1. The van der Waals surface area contributed by atoms with Crippen molar-refractivity contribution < 1.29 is 4.74 Å². The standard InChI is InChI=1S/C13H15ClN2O/c14-12-7-10(8-15)4-5-13(12)17-9-11-3-1-2-6-16-11/h4-5,7,11,16H,1-3,6,9H2. The van der Waals surface area contributed by atoms with Gasteiger partial charge in [0.15, 0.2) is 0 Å². The van der Waals surface area contributed by atoms with E-state index in [-0.39, 0.29) is 0 Å². The third kappa shape index (κ3) is 3.36. The molecule has 0 bridgehead atoms. The Bertz CT molecular complexity index is 422. The lowest BCUT2D eigenvalue weighted by molar-refractivity contribution is 0.239. The summed E-state index contributed by atoms with van der Waals surface area (Å²) in [4.78, 5) is 0. The first-order chi connectivity index (χ1) is 8.29. The molecule has 1 fully saturated rings. The molecule has 4 heteroatoms. The Morgan fingerprint density at radius 3 is 3.00 bits per heavy atom. The van der Waals surface area contributed by atoms with Gasteiger partial charge in [-0.05, 0) is 37.6 Å². The number of nitrogens with one attached hydrogen (secondary N) is 1. The van der Waals surface area contributed by atoms with Gasteiger partial charge in [0.1, 0.15) is 12.4 Å². The summed E-state index contributed by atoms with van der Waals surface area (Å²) < 4.78 is 5.67. The lowest BCUT2D eigenvalue weighted by Crippen LogP contribution is -2.38. The van der Waals surface area contributed by atoms with Gasteiger partial charge in [0.05, 0.1) is 16.7 Å². The monoisotopic (exact) mass is 250 g/mol. The van der Waals surface area contributed by atoms with Gasteiger partial charge in [-0.1, -0.05) is 18.0 Å². The number of halogens is 1. The van der Waals surface area contributed by atoms with E-state index in [2.05, 4.69) is 5.32 Å². The Balaban J connectivity index is 1.92. The second-order valence-electron chi connectivity index (χ2n) is 4.21. The van der Waals surface area contributed by atoms with Crippen molar-refractivity contribution in [1.82, 2.24) is 5.32 Å². The van der Waals surface area contributed by atoms with Gasteiger partial charge in [0, 0.05) is 6.04 Å². The molecule has 90 valence electrons. The number of hydrogen-bond donors (Lipinski definition) is 1. The molecule has 3 nitrogen and oxygen atoms in total. The van der Waals surface area contributed by atoms with Crippen LogP contribution in [0.2, 0.25) is 5.02 Å². The zero-order chi connectivity index (χ0) is 12.1. The van der Waals surface area contributed by atoms with Gasteiger partial charge >= 0.3 is 0 Å². The van der Waals surface area contributed by atoms with Crippen LogP contribution in [0.15, 0.2) is 18.2 Å². The van der Waals surface area contributed by atoms with Crippen LogP contribution in [0.5, 0.6) is 5.75 Å². The maximum atomic E-state index is 8.73. The molecule has 1 aromatic carbocycles. The highest BCUT2D eigenvalue weighted by Gasteiger charge is 2.13. The first kappa shape index (κ1) is 12.2. The van der Waals surface area contributed by atoms with E-state index in [1.807, 2.05) is 6.07 Å². The molecule has 17 heavy (non-hydrogen) atoms. The van der Waals surface area contributed by atoms with Gasteiger partial charge in [-0.15, -0.1) is 0 Å². The summed E-state index contributed by atoms with van der Waals surface area (Å²) in [5.41, 5.74) is 0.554. The lowest BCUT2D eigenvalue weighted by atomic mass is 10.1. The summed E-state index contributed by atoms with van der Waals surface area (Å²) in [6.07, 6.45) is 3.64. The molecule has 0 saturated carbocycles. The van der Waals surface area contributed by atoms with Crippen LogP contribution >= 0.6 is 11.6 Å². The van der Waals surface area contributed by atoms with E-state index in [4.69, 9.17) is 21.6 Å². The summed E-state index contributed by atoms with van der Waals surface area (Å²) in [5.74, 6) is 0.651. The van der Waals surface area contributed by atoms with Gasteiger partial charge in [-0.3, -0.25) is 0 Å². The normalized spacial score (nSPS) is 19.6. The molecule has 1 aliphatic heterocycles. The van der Waals surface area contributed by atoms with E-state index in [0.717, 1.165) is 13.0 Å². The molecule has 0 amide bonds. The minimum absolute atomic E-state index is 0.412. The third-order valence-corrected chi connectivity index (χ3v) is 3.21. The smallest absolute Gasteiger partial charge is 0.138 e. The van der Waals surface area contributed by atoms with Crippen LogP contribution in [0, 0.1) is 11.3 Å². The number of hydrogen-bond acceptors (Lipinski definition) is 3. The maximum Gasteiger partial charge on any atom is 0.138 e. The van der Waals surface area contributed by atoms with Crippen LogP contribution in [0.3, 0.4) is 0 Å². The van der Waals surface area contributed by atoms with E-state index >= 15 is 0 Å². The fraction of sp³-hybridized carbons (Fsp3) is 0.462. The molecule has 0 radical (unpaired) electrons.